The van der Waals surface area contributed by atoms with Gasteiger partial charge in [0.2, 0.25) is 23.6 Å². The van der Waals surface area contributed by atoms with Crippen LogP contribution in [0, 0.1) is 0 Å². The highest BCUT2D eigenvalue weighted by atomic mass is 16.4. The zero-order valence-corrected chi connectivity index (χ0v) is 22.8. The molecule has 0 bridgehead atoms. The number of aromatic amines is 1. The van der Waals surface area contributed by atoms with Crippen LogP contribution in [0.1, 0.15) is 30.4 Å². The van der Waals surface area contributed by atoms with E-state index in [1.165, 1.54) is 17.0 Å². The monoisotopic (exact) mass is 578 g/mol. The Hall–Kier alpha value is -4.91. The molecule has 42 heavy (non-hydrogen) atoms. The standard InChI is InChI=1S/C29H34N6O7/c30-20(14-25(31)37)26(38)33-22(13-17-15-32-21-5-2-1-4-19(17)21)28(40)35-11-3-6-24(35)27(39)34-23(29(41)42)12-16-7-9-18(36)10-8-16/h1-2,4-5,7-10,15,20,22-24,32,36H,3,6,11-14,30H2,(H2,31,37)(H,33,38)(H,34,39)(H,41,42). The van der Waals surface area contributed by atoms with Crippen LogP contribution < -0.4 is 22.1 Å². The number of carbonyl (C=O) groups is 5. The Balaban J connectivity index is 1.53. The molecule has 1 saturated heterocycles. The number of carboxylic acids is 1. The number of hydrogen-bond acceptors (Lipinski definition) is 7. The lowest BCUT2D eigenvalue weighted by Crippen LogP contribution is -2.57. The van der Waals surface area contributed by atoms with Gasteiger partial charge < -0.3 is 42.2 Å². The molecule has 0 radical (unpaired) electrons. The summed E-state index contributed by atoms with van der Waals surface area (Å²) in [4.78, 5) is 67.8. The molecule has 1 fully saturated rings. The van der Waals surface area contributed by atoms with Gasteiger partial charge in [-0.3, -0.25) is 19.2 Å². The average Bonchev–Trinajstić information content (AvgIpc) is 3.60. The third-order valence-electron chi connectivity index (χ3n) is 7.30. The number of primary amides is 1. The fourth-order valence-electron chi connectivity index (χ4n) is 5.15. The molecule has 13 heteroatoms. The predicted octanol–water partition coefficient (Wildman–Crippen LogP) is -0.0934. The molecule has 0 aliphatic carbocycles. The molecule has 2 aromatic carbocycles. The second kappa shape index (κ2) is 13.2. The Morgan fingerprint density at radius 1 is 1.00 bits per heavy atom. The van der Waals surface area contributed by atoms with Crippen LogP contribution in [-0.2, 0) is 36.8 Å². The van der Waals surface area contributed by atoms with E-state index in [0.29, 0.717) is 18.4 Å². The van der Waals surface area contributed by atoms with E-state index >= 15 is 0 Å². The average molecular weight is 579 g/mol. The number of aliphatic carboxylic acids is 1. The molecule has 4 rings (SSSR count). The molecule has 222 valence electrons. The van der Waals surface area contributed by atoms with Crippen LogP contribution in [0.2, 0.25) is 0 Å². The summed E-state index contributed by atoms with van der Waals surface area (Å²) >= 11 is 0. The largest absolute Gasteiger partial charge is 0.508 e. The molecule has 2 heterocycles. The summed E-state index contributed by atoms with van der Waals surface area (Å²) in [6.07, 6.45) is 2.16. The third kappa shape index (κ3) is 7.23. The Bertz CT molecular complexity index is 1470. The predicted molar refractivity (Wildman–Crippen MR) is 152 cm³/mol. The summed E-state index contributed by atoms with van der Waals surface area (Å²) in [6, 6.07) is 8.78. The Morgan fingerprint density at radius 3 is 2.40 bits per heavy atom. The summed E-state index contributed by atoms with van der Waals surface area (Å²) in [5, 5.41) is 25.3. The molecule has 1 aliphatic rings. The third-order valence-corrected chi connectivity index (χ3v) is 7.30. The molecule has 9 N–H and O–H groups in total. The zero-order valence-electron chi connectivity index (χ0n) is 22.8. The van der Waals surface area contributed by atoms with Crippen LogP contribution >= 0.6 is 0 Å². The fourth-order valence-corrected chi connectivity index (χ4v) is 5.15. The van der Waals surface area contributed by atoms with E-state index in [-0.39, 0.29) is 25.1 Å². The summed E-state index contributed by atoms with van der Waals surface area (Å²) in [7, 11) is 0. The number of aromatic nitrogens is 1. The number of aromatic hydroxyl groups is 1. The van der Waals surface area contributed by atoms with Crippen molar-refractivity contribution in [3.05, 3.63) is 65.9 Å². The maximum Gasteiger partial charge on any atom is 0.326 e. The maximum absolute atomic E-state index is 13.9. The van der Waals surface area contributed by atoms with Crippen molar-refractivity contribution in [2.24, 2.45) is 11.5 Å². The van der Waals surface area contributed by atoms with Gasteiger partial charge in [-0.25, -0.2) is 4.79 Å². The van der Waals surface area contributed by atoms with Gasteiger partial charge >= 0.3 is 5.97 Å². The van der Waals surface area contributed by atoms with Crippen LogP contribution in [0.15, 0.2) is 54.7 Å². The van der Waals surface area contributed by atoms with Gasteiger partial charge in [0.25, 0.3) is 0 Å². The number of carbonyl (C=O) groups excluding carboxylic acids is 4. The van der Waals surface area contributed by atoms with Gasteiger partial charge in [-0.2, -0.15) is 0 Å². The van der Waals surface area contributed by atoms with Gasteiger partial charge in [0.05, 0.1) is 12.5 Å². The number of phenolic OH excluding ortho intramolecular Hbond substituents is 1. The molecule has 4 amide bonds. The number of H-pyrrole nitrogens is 1. The van der Waals surface area contributed by atoms with Gasteiger partial charge in [0.1, 0.15) is 23.9 Å². The van der Waals surface area contributed by atoms with E-state index < -0.39 is 60.2 Å². The number of likely N-dealkylation sites (tertiary alicyclic amines) is 1. The molecular formula is C29H34N6O7. The van der Waals surface area contributed by atoms with Crippen molar-refractivity contribution in [3.8, 4) is 5.75 Å². The number of amides is 4. The summed E-state index contributed by atoms with van der Waals surface area (Å²) in [6.45, 7) is 0.222. The van der Waals surface area contributed by atoms with Crippen molar-refractivity contribution in [2.45, 2.75) is 56.3 Å². The van der Waals surface area contributed by atoms with Gasteiger partial charge in [-0.15, -0.1) is 0 Å². The topological polar surface area (TPSA) is 221 Å². The van der Waals surface area contributed by atoms with Gasteiger partial charge in [0.15, 0.2) is 0 Å². The van der Waals surface area contributed by atoms with Crippen molar-refractivity contribution >= 4 is 40.5 Å². The number of phenols is 1. The van der Waals surface area contributed by atoms with Gasteiger partial charge in [0, 0.05) is 36.5 Å². The number of rotatable bonds is 12. The molecule has 4 atom stereocenters. The Morgan fingerprint density at radius 2 is 1.71 bits per heavy atom. The van der Waals surface area contributed by atoms with Crippen LogP contribution in [0.25, 0.3) is 10.9 Å². The van der Waals surface area contributed by atoms with E-state index in [0.717, 1.165) is 16.5 Å². The van der Waals surface area contributed by atoms with Crippen molar-refractivity contribution in [1.82, 2.24) is 20.5 Å². The number of nitrogens with two attached hydrogens (primary N) is 2. The second-order valence-corrected chi connectivity index (χ2v) is 10.4. The summed E-state index contributed by atoms with van der Waals surface area (Å²) in [5.74, 6) is -3.90. The first-order valence-corrected chi connectivity index (χ1v) is 13.5. The first kappa shape index (κ1) is 30.1. The lowest BCUT2D eigenvalue weighted by atomic mass is 10.0. The number of benzene rings is 2. The highest BCUT2D eigenvalue weighted by Crippen LogP contribution is 2.23. The molecule has 4 unspecified atom stereocenters. The van der Waals surface area contributed by atoms with Crippen molar-refractivity contribution < 1.29 is 34.2 Å². The lowest BCUT2D eigenvalue weighted by molar-refractivity contribution is -0.144. The SMILES string of the molecule is NC(=O)CC(N)C(=O)NC(Cc1c[nH]c2ccccc12)C(=O)N1CCCC1C(=O)NC(Cc1ccc(O)cc1)C(=O)O. The van der Waals surface area contributed by atoms with Crippen LogP contribution in [-0.4, -0.2) is 80.4 Å². The van der Waals surface area contributed by atoms with E-state index in [9.17, 15) is 34.2 Å². The number of para-hydroxylation sites is 1. The van der Waals surface area contributed by atoms with Gasteiger partial charge in [-0.1, -0.05) is 30.3 Å². The van der Waals surface area contributed by atoms with E-state index in [2.05, 4.69) is 15.6 Å². The summed E-state index contributed by atoms with van der Waals surface area (Å²) < 4.78 is 0. The number of hydrogen-bond donors (Lipinski definition) is 7. The van der Waals surface area contributed by atoms with Crippen molar-refractivity contribution in [1.29, 1.82) is 0 Å². The minimum Gasteiger partial charge on any atom is -0.508 e. The zero-order chi connectivity index (χ0) is 30.4. The smallest absolute Gasteiger partial charge is 0.326 e. The lowest BCUT2D eigenvalue weighted by Gasteiger charge is -2.30. The van der Waals surface area contributed by atoms with Crippen molar-refractivity contribution in [3.63, 3.8) is 0 Å². The highest BCUT2D eigenvalue weighted by molar-refractivity contribution is 5.96. The molecule has 3 aromatic rings. The fraction of sp³-hybridized carbons (Fsp3) is 0.345. The Labute approximate surface area is 241 Å². The van der Waals surface area contributed by atoms with E-state index in [1.807, 2.05) is 24.3 Å². The molecular weight excluding hydrogens is 544 g/mol. The molecule has 13 nitrogen and oxygen atoms in total. The van der Waals surface area contributed by atoms with Crippen LogP contribution in [0.5, 0.6) is 5.75 Å². The van der Waals surface area contributed by atoms with Crippen LogP contribution in [0.3, 0.4) is 0 Å². The first-order chi connectivity index (χ1) is 20.0. The molecule has 1 aliphatic heterocycles. The minimum atomic E-state index is -1.27. The Kier molecular flexibility index (Phi) is 9.42. The number of carboxylic acid groups (broad SMARTS) is 1. The number of nitrogens with zero attached hydrogens (tertiary/aromatic N) is 1. The second-order valence-electron chi connectivity index (χ2n) is 10.4. The quantitative estimate of drug-likeness (QED) is 0.153. The minimum absolute atomic E-state index is 0.0274. The first-order valence-electron chi connectivity index (χ1n) is 13.5. The highest BCUT2D eigenvalue weighted by Gasteiger charge is 2.39. The van der Waals surface area contributed by atoms with Crippen LogP contribution in [0.4, 0.5) is 0 Å². The van der Waals surface area contributed by atoms with E-state index in [1.54, 1.807) is 18.3 Å². The number of fused-ring (bicyclic) bond motifs is 1. The summed E-state index contributed by atoms with van der Waals surface area (Å²) in [5.41, 5.74) is 13.2. The molecule has 1 aromatic heterocycles. The molecule has 0 spiro atoms. The normalized spacial score (nSPS) is 16.9. The van der Waals surface area contributed by atoms with Crippen molar-refractivity contribution in [2.75, 3.05) is 6.54 Å². The van der Waals surface area contributed by atoms with E-state index in [4.69, 9.17) is 11.5 Å². The maximum atomic E-state index is 13.9. The van der Waals surface area contributed by atoms with Gasteiger partial charge in [-0.05, 0) is 42.2 Å². The number of nitrogens with one attached hydrogen (secondary N) is 3. The molecule has 0 saturated carbocycles.